The zero-order chi connectivity index (χ0) is 12.8. The van der Waals surface area contributed by atoms with Crippen LogP contribution < -0.4 is 5.32 Å². The van der Waals surface area contributed by atoms with Crippen LogP contribution in [0.15, 0.2) is 24.3 Å². The largest absolute Gasteiger partial charge is 0.316 e. The minimum atomic E-state index is -0.0846. The van der Waals surface area contributed by atoms with Gasteiger partial charge in [-0.1, -0.05) is 18.2 Å². The molecule has 0 aromatic heterocycles. The summed E-state index contributed by atoms with van der Waals surface area (Å²) in [6.45, 7) is 4.36. The van der Waals surface area contributed by atoms with Crippen LogP contribution in [0, 0.1) is 11.7 Å². The van der Waals surface area contributed by atoms with Crippen molar-refractivity contribution in [1.29, 1.82) is 0 Å². The summed E-state index contributed by atoms with van der Waals surface area (Å²) in [5.74, 6) is 0.709. The highest BCUT2D eigenvalue weighted by molar-refractivity contribution is 5.17. The Balaban J connectivity index is 1.63. The van der Waals surface area contributed by atoms with Crippen molar-refractivity contribution in [3.63, 3.8) is 0 Å². The van der Waals surface area contributed by atoms with Crippen molar-refractivity contribution in [2.45, 2.75) is 19.3 Å². The van der Waals surface area contributed by atoms with Gasteiger partial charge in [0.1, 0.15) is 5.82 Å². The first-order valence-electron chi connectivity index (χ1n) is 6.88. The van der Waals surface area contributed by atoms with Crippen molar-refractivity contribution in [3.05, 3.63) is 35.6 Å². The van der Waals surface area contributed by atoms with Gasteiger partial charge >= 0.3 is 0 Å². The number of hydrogen-bond acceptors (Lipinski definition) is 2. The number of hydrogen-bond donors (Lipinski definition) is 1. The maximum absolute atomic E-state index is 13.4. The van der Waals surface area contributed by atoms with E-state index in [9.17, 15) is 4.39 Å². The van der Waals surface area contributed by atoms with Gasteiger partial charge in [0.15, 0.2) is 0 Å². The maximum atomic E-state index is 13.4. The van der Waals surface area contributed by atoms with E-state index >= 15 is 0 Å². The fourth-order valence-corrected chi connectivity index (χ4v) is 2.50. The van der Waals surface area contributed by atoms with E-state index in [4.69, 9.17) is 0 Å². The molecular formula is C15H23FN2. The highest BCUT2D eigenvalue weighted by Crippen LogP contribution is 2.14. The lowest BCUT2D eigenvalue weighted by molar-refractivity contribution is 0.216. The molecule has 0 radical (unpaired) electrons. The van der Waals surface area contributed by atoms with Crippen molar-refractivity contribution < 1.29 is 4.39 Å². The van der Waals surface area contributed by atoms with Crippen molar-refractivity contribution in [2.75, 3.05) is 33.2 Å². The van der Waals surface area contributed by atoms with Gasteiger partial charge in [-0.25, -0.2) is 4.39 Å². The monoisotopic (exact) mass is 250 g/mol. The molecule has 2 nitrogen and oxygen atoms in total. The minimum absolute atomic E-state index is 0.0846. The third-order valence-electron chi connectivity index (χ3n) is 3.80. The average molecular weight is 250 g/mol. The summed E-state index contributed by atoms with van der Waals surface area (Å²) < 4.78 is 13.4. The summed E-state index contributed by atoms with van der Waals surface area (Å²) in [4.78, 5) is 2.38. The van der Waals surface area contributed by atoms with E-state index in [2.05, 4.69) is 17.3 Å². The predicted octanol–water partition coefficient (Wildman–Crippen LogP) is 2.30. The molecule has 1 N–H and O–H groups in total. The molecule has 0 amide bonds. The molecule has 0 bridgehead atoms. The van der Waals surface area contributed by atoms with Crippen LogP contribution in [0.2, 0.25) is 0 Å². The van der Waals surface area contributed by atoms with Crippen molar-refractivity contribution in [1.82, 2.24) is 10.2 Å². The number of halogens is 1. The summed E-state index contributed by atoms with van der Waals surface area (Å²) in [6.07, 6.45) is 3.34. The number of nitrogens with zero attached hydrogens (tertiary/aromatic N) is 1. The molecule has 1 aliphatic heterocycles. The first-order valence-corrected chi connectivity index (χ1v) is 6.88. The highest BCUT2D eigenvalue weighted by atomic mass is 19.1. The second-order valence-electron chi connectivity index (χ2n) is 5.29. The Hall–Kier alpha value is -0.930. The average Bonchev–Trinajstić information content (AvgIpc) is 2.39. The van der Waals surface area contributed by atoms with Crippen molar-refractivity contribution in [2.24, 2.45) is 5.92 Å². The van der Waals surface area contributed by atoms with Crippen molar-refractivity contribution in [3.8, 4) is 0 Å². The Morgan fingerprint density at radius 1 is 1.28 bits per heavy atom. The second kappa shape index (κ2) is 6.86. The van der Waals surface area contributed by atoms with E-state index < -0.39 is 0 Å². The Morgan fingerprint density at radius 3 is 2.72 bits per heavy atom. The lowest BCUT2D eigenvalue weighted by atomic mass is 9.97. The smallest absolute Gasteiger partial charge is 0.126 e. The zero-order valence-electron chi connectivity index (χ0n) is 11.2. The van der Waals surface area contributed by atoms with Crippen LogP contribution in [-0.4, -0.2) is 38.1 Å². The predicted molar refractivity (Wildman–Crippen MR) is 73.2 cm³/mol. The molecule has 18 heavy (non-hydrogen) atoms. The van der Waals surface area contributed by atoms with E-state index in [1.807, 2.05) is 12.1 Å². The summed E-state index contributed by atoms with van der Waals surface area (Å²) in [6, 6.07) is 7.04. The molecule has 0 saturated carbocycles. The number of rotatable bonds is 5. The quantitative estimate of drug-likeness (QED) is 0.807. The molecule has 0 atom stereocenters. The van der Waals surface area contributed by atoms with Gasteiger partial charge in [0.05, 0.1) is 0 Å². The standard InChI is InChI=1S/C15H23FN2/c1-18-10-7-13(8-11-18)12-17-9-6-14-4-2-3-5-15(14)16/h2-5,13,17H,6-12H2,1H3. The molecule has 0 spiro atoms. The molecule has 0 unspecified atom stereocenters. The van der Waals surface area contributed by atoms with E-state index in [1.165, 1.54) is 32.0 Å². The molecule has 3 heteroatoms. The molecule has 1 aromatic carbocycles. The van der Waals surface area contributed by atoms with E-state index in [0.29, 0.717) is 0 Å². The van der Waals surface area contributed by atoms with Crippen LogP contribution in [0.5, 0.6) is 0 Å². The fraction of sp³-hybridized carbons (Fsp3) is 0.600. The highest BCUT2D eigenvalue weighted by Gasteiger charge is 2.15. The van der Waals surface area contributed by atoms with Gasteiger partial charge in [0, 0.05) is 0 Å². The minimum Gasteiger partial charge on any atom is -0.316 e. The van der Waals surface area contributed by atoms with Gasteiger partial charge in [0.2, 0.25) is 0 Å². The zero-order valence-corrected chi connectivity index (χ0v) is 11.2. The van der Waals surface area contributed by atoms with Crippen LogP contribution >= 0.6 is 0 Å². The number of nitrogens with one attached hydrogen (secondary N) is 1. The molecule has 1 saturated heterocycles. The number of benzene rings is 1. The van der Waals surface area contributed by atoms with Gasteiger partial charge in [-0.15, -0.1) is 0 Å². The summed E-state index contributed by atoms with van der Waals surface area (Å²) >= 11 is 0. The topological polar surface area (TPSA) is 15.3 Å². The van der Waals surface area contributed by atoms with E-state index in [1.54, 1.807) is 6.07 Å². The summed E-state index contributed by atoms with van der Waals surface area (Å²) in [7, 11) is 2.18. The Bertz CT molecular complexity index is 359. The lowest BCUT2D eigenvalue weighted by Crippen LogP contribution is -2.35. The Kier molecular flexibility index (Phi) is 5.14. The first-order chi connectivity index (χ1) is 8.75. The molecule has 100 valence electrons. The number of piperidine rings is 1. The van der Waals surface area contributed by atoms with Gasteiger partial charge in [0.25, 0.3) is 0 Å². The normalized spacial score (nSPS) is 18.1. The molecule has 0 aliphatic carbocycles. The van der Waals surface area contributed by atoms with Crippen LogP contribution in [-0.2, 0) is 6.42 Å². The van der Waals surface area contributed by atoms with E-state index in [0.717, 1.165) is 31.0 Å². The van der Waals surface area contributed by atoms with Crippen LogP contribution in [0.25, 0.3) is 0 Å². The molecular weight excluding hydrogens is 227 g/mol. The Labute approximate surface area is 109 Å². The molecule has 1 heterocycles. The molecule has 1 fully saturated rings. The second-order valence-corrected chi connectivity index (χ2v) is 5.29. The third-order valence-corrected chi connectivity index (χ3v) is 3.80. The number of likely N-dealkylation sites (tertiary alicyclic amines) is 1. The SMILES string of the molecule is CN1CCC(CNCCc2ccccc2F)CC1. The molecule has 1 aromatic rings. The Morgan fingerprint density at radius 2 is 2.00 bits per heavy atom. The third kappa shape index (κ3) is 4.07. The van der Waals surface area contributed by atoms with E-state index in [-0.39, 0.29) is 5.82 Å². The molecule has 1 aliphatic rings. The summed E-state index contributed by atoms with van der Waals surface area (Å²) in [5.41, 5.74) is 0.813. The summed E-state index contributed by atoms with van der Waals surface area (Å²) in [5, 5.41) is 3.46. The van der Waals surface area contributed by atoms with Gasteiger partial charge in [-0.05, 0) is 70.0 Å². The van der Waals surface area contributed by atoms with Crippen molar-refractivity contribution >= 4 is 0 Å². The lowest BCUT2D eigenvalue weighted by Gasteiger charge is -2.29. The van der Waals surface area contributed by atoms with Crippen LogP contribution in [0.3, 0.4) is 0 Å². The maximum Gasteiger partial charge on any atom is 0.126 e. The molecule has 2 rings (SSSR count). The van der Waals surface area contributed by atoms with Crippen LogP contribution in [0.4, 0.5) is 4.39 Å². The van der Waals surface area contributed by atoms with Gasteiger partial charge < -0.3 is 10.2 Å². The van der Waals surface area contributed by atoms with Gasteiger partial charge in [-0.3, -0.25) is 0 Å². The van der Waals surface area contributed by atoms with Crippen LogP contribution in [0.1, 0.15) is 18.4 Å². The fourth-order valence-electron chi connectivity index (χ4n) is 2.50. The van der Waals surface area contributed by atoms with Gasteiger partial charge in [-0.2, -0.15) is 0 Å². The first kappa shape index (κ1) is 13.5.